The molecule has 0 N–H and O–H groups in total. The van der Waals surface area contributed by atoms with E-state index >= 15 is 0 Å². The minimum absolute atomic E-state index is 0.169. The van der Waals surface area contributed by atoms with Crippen molar-refractivity contribution in [1.82, 2.24) is 0 Å². The van der Waals surface area contributed by atoms with Gasteiger partial charge in [-0.25, -0.2) is 4.79 Å². The highest BCUT2D eigenvalue weighted by molar-refractivity contribution is 5.67. The molecular formula is C23H26O3. The van der Waals surface area contributed by atoms with Gasteiger partial charge in [0, 0.05) is 12.0 Å². The molecule has 2 aromatic rings. The van der Waals surface area contributed by atoms with Crippen molar-refractivity contribution in [3.05, 3.63) is 63.7 Å². The second kappa shape index (κ2) is 6.46. The number of hydrogen-bond donors (Lipinski definition) is 0. The average molecular weight is 350 g/mol. The zero-order chi connectivity index (χ0) is 18.3. The zero-order valence-corrected chi connectivity index (χ0v) is 15.7. The Morgan fingerprint density at radius 3 is 2.69 bits per heavy atom. The molecule has 136 valence electrons. The summed E-state index contributed by atoms with van der Waals surface area (Å²) in [6.45, 7) is 6.68. The highest BCUT2D eigenvalue weighted by Gasteiger charge is 2.47. The summed E-state index contributed by atoms with van der Waals surface area (Å²) >= 11 is 0. The number of rotatable bonds is 3. The monoisotopic (exact) mass is 350 g/mol. The third-order valence-corrected chi connectivity index (χ3v) is 5.97. The van der Waals surface area contributed by atoms with Gasteiger partial charge in [-0.2, -0.15) is 0 Å². The molecule has 0 unspecified atom stereocenters. The fraction of sp³-hybridized carbons (Fsp3) is 0.435. The van der Waals surface area contributed by atoms with Gasteiger partial charge in [0.1, 0.15) is 17.1 Å². The van der Waals surface area contributed by atoms with Crippen molar-refractivity contribution in [2.75, 3.05) is 0 Å². The molecule has 1 fully saturated rings. The molecule has 1 aliphatic heterocycles. The van der Waals surface area contributed by atoms with Crippen LogP contribution in [0.25, 0.3) is 12.2 Å². The molecule has 0 saturated heterocycles. The molecule has 2 aliphatic rings. The summed E-state index contributed by atoms with van der Waals surface area (Å²) in [5, 5.41) is 0. The van der Waals surface area contributed by atoms with Crippen LogP contribution in [0.5, 0.6) is 5.75 Å². The predicted octanol–water partition coefficient (Wildman–Crippen LogP) is 5.50. The molecule has 3 atom stereocenters. The van der Waals surface area contributed by atoms with E-state index in [0.29, 0.717) is 17.6 Å². The molecule has 0 spiro atoms. The van der Waals surface area contributed by atoms with E-state index in [1.54, 1.807) is 0 Å². The van der Waals surface area contributed by atoms with E-state index in [4.69, 9.17) is 9.15 Å². The summed E-state index contributed by atoms with van der Waals surface area (Å²) in [4.78, 5) is 12.8. The van der Waals surface area contributed by atoms with Crippen LogP contribution < -0.4 is 10.4 Å². The molecule has 1 aliphatic carbocycles. The van der Waals surface area contributed by atoms with Crippen molar-refractivity contribution >= 4 is 12.2 Å². The van der Waals surface area contributed by atoms with Crippen LogP contribution in [-0.4, -0.2) is 5.60 Å². The van der Waals surface area contributed by atoms with Gasteiger partial charge in [0.25, 0.3) is 0 Å². The lowest BCUT2D eigenvalue weighted by Crippen LogP contribution is -2.46. The first kappa shape index (κ1) is 17.1. The molecule has 3 nitrogen and oxygen atoms in total. The molecule has 1 saturated carbocycles. The number of hydrogen-bond acceptors (Lipinski definition) is 3. The quantitative estimate of drug-likeness (QED) is 0.733. The lowest BCUT2D eigenvalue weighted by atomic mass is 9.64. The molecule has 1 aromatic carbocycles. The Morgan fingerprint density at radius 2 is 1.96 bits per heavy atom. The van der Waals surface area contributed by atoms with Gasteiger partial charge in [0.15, 0.2) is 0 Å². The van der Waals surface area contributed by atoms with Crippen LogP contribution in [0, 0.1) is 11.8 Å². The fourth-order valence-corrected chi connectivity index (χ4v) is 4.61. The Hall–Kier alpha value is -2.29. The topological polar surface area (TPSA) is 39.4 Å². The summed E-state index contributed by atoms with van der Waals surface area (Å²) < 4.78 is 11.9. The standard InChI is InChI=1S/C23H26O3/c1-15(2)18-11-12-23(3)14-19(18)21-20(26-23)13-17(25-22(21)24)10-9-16-7-5-4-6-8-16/h4-10,13,15,18-19H,11-12,14H2,1-3H3/b10-9+/t18-,19-,23-/m0/s1. The first-order chi connectivity index (χ1) is 12.5. The molecule has 1 aromatic heterocycles. The van der Waals surface area contributed by atoms with E-state index in [2.05, 4.69) is 20.8 Å². The van der Waals surface area contributed by atoms with E-state index in [9.17, 15) is 4.79 Å². The number of ether oxygens (including phenoxy) is 1. The molecule has 4 rings (SSSR count). The Kier molecular flexibility index (Phi) is 4.26. The average Bonchev–Trinajstić information content (AvgIpc) is 2.59. The van der Waals surface area contributed by atoms with Gasteiger partial charge in [-0.1, -0.05) is 50.3 Å². The SMILES string of the molecule is CC(C)[C@@H]1CC[C@@]2(C)C[C@@H]1c1c(cc(/C=C/c3ccccc3)oc1=O)O2. The van der Waals surface area contributed by atoms with Gasteiger partial charge in [0.2, 0.25) is 0 Å². The van der Waals surface area contributed by atoms with E-state index in [1.165, 1.54) is 0 Å². The summed E-state index contributed by atoms with van der Waals surface area (Å²) in [5.74, 6) is 2.56. The van der Waals surface area contributed by atoms with Crippen molar-refractivity contribution in [3.8, 4) is 5.75 Å². The predicted molar refractivity (Wildman–Crippen MR) is 104 cm³/mol. The van der Waals surface area contributed by atoms with Crippen LogP contribution in [0.3, 0.4) is 0 Å². The lowest BCUT2D eigenvalue weighted by Gasteiger charge is -2.48. The lowest BCUT2D eigenvalue weighted by molar-refractivity contribution is -0.00977. The molecule has 2 heterocycles. The summed E-state index contributed by atoms with van der Waals surface area (Å²) in [6.07, 6.45) is 6.85. The fourth-order valence-electron chi connectivity index (χ4n) is 4.61. The van der Waals surface area contributed by atoms with Crippen LogP contribution in [-0.2, 0) is 0 Å². The van der Waals surface area contributed by atoms with E-state index < -0.39 is 0 Å². The minimum Gasteiger partial charge on any atom is -0.487 e. The maximum atomic E-state index is 12.8. The van der Waals surface area contributed by atoms with Gasteiger partial charge < -0.3 is 9.15 Å². The van der Waals surface area contributed by atoms with Crippen LogP contribution in [0.2, 0.25) is 0 Å². The Balaban J connectivity index is 1.73. The Labute approximate surface area is 154 Å². The van der Waals surface area contributed by atoms with Crippen LogP contribution in [0.1, 0.15) is 62.8 Å². The first-order valence-corrected chi connectivity index (χ1v) is 9.55. The van der Waals surface area contributed by atoms with Crippen molar-refractivity contribution in [2.24, 2.45) is 11.8 Å². The molecule has 26 heavy (non-hydrogen) atoms. The second-order valence-corrected chi connectivity index (χ2v) is 8.27. The van der Waals surface area contributed by atoms with Crippen molar-refractivity contribution in [2.45, 2.75) is 51.6 Å². The van der Waals surface area contributed by atoms with E-state index in [1.807, 2.05) is 48.6 Å². The summed E-state index contributed by atoms with van der Waals surface area (Å²) in [7, 11) is 0. The van der Waals surface area contributed by atoms with Gasteiger partial charge in [-0.3, -0.25) is 0 Å². The van der Waals surface area contributed by atoms with Crippen molar-refractivity contribution < 1.29 is 9.15 Å². The largest absolute Gasteiger partial charge is 0.487 e. The third-order valence-electron chi connectivity index (χ3n) is 5.97. The molecule has 0 radical (unpaired) electrons. The van der Waals surface area contributed by atoms with Crippen molar-refractivity contribution in [3.63, 3.8) is 0 Å². The Bertz CT molecular complexity index is 878. The maximum Gasteiger partial charge on any atom is 0.343 e. The van der Waals surface area contributed by atoms with Crippen LogP contribution in [0.15, 0.2) is 45.6 Å². The maximum absolute atomic E-state index is 12.8. The Morgan fingerprint density at radius 1 is 1.19 bits per heavy atom. The normalized spacial score (nSPS) is 27.4. The van der Waals surface area contributed by atoms with Crippen LogP contribution in [0.4, 0.5) is 0 Å². The minimum atomic E-state index is -0.241. The zero-order valence-electron chi connectivity index (χ0n) is 15.7. The molecular weight excluding hydrogens is 324 g/mol. The number of fused-ring (bicyclic) bond motifs is 4. The smallest absolute Gasteiger partial charge is 0.343 e. The summed E-state index contributed by atoms with van der Waals surface area (Å²) in [6, 6.07) is 11.9. The van der Waals surface area contributed by atoms with Gasteiger partial charge in [-0.15, -0.1) is 0 Å². The van der Waals surface area contributed by atoms with Gasteiger partial charge >= 0.3 is 5.63 Å². The summed E-state index contributed by atoms with van der Waals surface area (Å²) in [5.41, 5.74) is 1.40. The molecule has 2 bridgehead atoms. The highest BCUT2D eigenvalue weighted by atomic mass is 16.5. The van der Waals surface area contributed by atoms with Gasteiger partial charge in [0.05, 0.1) is 5.56 Å². The first-order valence-electron chi connectivity index (χ1n) is 9.55. The van der Waals surface area contributed by atoms with E-state index in [0.717, 1.165) is 36.1 Å². The van der Waals surface area contributed by atoms with Gasteiger partial charge in [-0.05, 0) is 49.7 Å². The molecule has 0 amide bonds. The number of benzene rings is 1. The highest BCUT2D eigenvalue weighted by Crippen LogP contribution is 2.52. The van der Waals surface area contributed by atoms with Crippen LogP contribution >= 0.6 is 0 Å². The molecule has 3 heteroatoms. The third kappa shape index (κ3) is 3.11. The van der Waals surface area contributed by atoms with E-state index in [-0.39, 0.29) is 17.1 Å². The second-order valence-electron chi connectivity index (χ2n) is 8.27. The van der Waals surface area contributed by atoms with Crippen molar-refractivity contribution in [1.29, 1.82) is 0 Å².